The highest BCUT2D eigenvalue weighted by atomic mass is 15.2. The van der Waals surface area contributed by atoms with Gasteiger partial charge in [-0.3, -0.25) is 4.57 Å². The lowest BCUT2D eigenvalue weighted by atomic mass is 9.82. The normalized spacial score (nSPS) is 14.1. The summed E-state index contributed by atoms with van der Waals surface area (Å²) in [5.74, 6) is 1.72. The molecule has 0 amide bonds. The first kappa shape index (κ1) is 42.1. The molecule has 10 aromatic carbocycles. The molecule has 0 radical (unpaired) electrons. The summed E-state index contributed by atoms with van der Waals surface area (Å²) in [4.78, 5) is 16.9. The van der Waals surface area contributed by atoms with Gasteiger partial charge in [0.05, 0.1) is 44.5 Å². The van der Waals surface area contributed by atoms with Gasteiger partial charge in [0.2, 0.25) is 5.95 Å². The summed E-state index contributed by atoms with van der Waals surface area (Å²) in [6.45, 7) is 9.43. The summed E-state index contributed by atoms with van der Waals surface area (Å²) in [7, 11) is 0. The van der Waals surface area contributed by atoms with Crippen molar-refractivity contribution in [3.05, 3.63) is 241 Å². The Bertz CT molecular complexity index is 4490. The lowest BCUT2D eigenvalue weighted by molar-refractivity contribution is 0.661. The Morgan fingerprint density at radius 1 is 0.267 bits per heavy atom. The van der Waals surface area contributed by atoms with Crippen molar-refractivity contribution in [2.75, 3.05) is 0 Å². The van der Waals surface area contributed by atoms with Crippen molar-refractivity contribution in [2.24, 2.45) is 0 Å². The fraction of sp³-hybridized carbons (Fsp3) is 0.0870. The van der Waals surface area contributed by atoms with E-state index in [-0.39, 0.29) is 10.8 Å². The van der Waals surface area contributed by atoms with Gasteiger partial charge in [-0.2, -0.15) is 9.97 Å². The average Bonchev–Trinajstić information content (AvgIpc) is 4.21. The van der Waals surface area contributed by atoms with Crippen molar-refractivity contribution in [3.8, 4) is 62.4 Å². The van der Waals surface area contributed by atoms with Crippen LogP contribution in [0.25, 0.3) is 128 Å². The van der Waals surface area contributed by atoms with Crippen LogP contribution in [0.5, 0.6) is 0 Å². The minimum absolute atomic E-state index is 0.174. The Hall–Kier alpha value is -9.39. The Morgan fingerprint density at radius 2 is 0.600 bits per heavy atom. The molecule has 0 unspecified atom stereocenters. The van der Waals surface area contributed by atoms with Crippen molar-refractivity contribution < 1.29 is 0 Å². The third-order valence-corrected chi connectivity index (χ3v) is 16.9. The SMILES string of the molecule is CC1(C)c2ccccc2-c2cc3c4ccccc4n(-c4ccccc4-c4nc(-c5ccccc5-n5c6ccccc6c6cc7c(cc65)C(C)(C)c5ccccc5-7)nc(-n5c6ccccc6c6ccccc65)n4)c3cc21. The lowest BCUT2D eigenvalue weighted by Gasteiger charge is -2.22. The van der Waals surface area contributed by atoms with Gasteiger partial charge in [-0.25, -0.2) is 4.98 Å². The maximum absolute atomic E-state index is 5.66. The molecule has 354 valence electrons. The van der Waals surface area contributed by atoms with E-state index in [1.165, 1.54) is 66.1 Å². The van der Waals surface area contributed by atoms with Gasteiger partial charge in [0, 0.05) is 54.3 Å². The quantitative estimate of drug-likeness (QED) is 0.173. The van der Waals surface area contributed by atoms with E-state index >= 15 is 0 Å². The standard InChI is InChI=1S/C69H48N6/c1-68(2)53-29-13-5-21-41(53)49-37-51-45-25-9-15-31-57(45)73(63(51)39-55(49)68)61-35-19-11-27-47(61)65-70-66(72-67(71-65)75-59-33-17-7-23-43(59)44-24-8-18-34-60(44)75)48-28-12-20-36-62(48)74-58-32-16-10-26-46(58)52-38-50-42-22-6-14-30-54(42)69(3,4)56(50)40-64(52)74/h5-40H,1-4H3. The number of fused-ring (bicyclic) bond motifs is 15. The number of rotatable bonds is 5. The first-order valence-electron chi connectivity index (χ1n) is 26.0. The Balaban J connectivity index is 0.973. The van der Waals surface area contributed by atoms with Crippen LogP contribution in [0.15, 0.2) is 218 Å². The van der Waals surface area contributed by atoms with Gasteiger partial charge in [-0.1, -0.05) is 173 Å². The zero-order valence-corrected chi connectivity index (χ0v) is 42.0. The second-order valence-corrected chi connectivity index (χ2v) is 21.6. The topological polar surface area (TPSA) is 53.5 Å². The number of benzene rings is 10. The van der Waals surface area contributed by atoms with Crippen LogP contribution in [0, 0.1) is 0 Å². The second kappa shape index (κ2) is 15.1. The summed E-state index contributed by atoms with van der Waals surface area (Å²) in [6, 6.07) is 79.6. The van der Waals surface area contributed by atoms with Gasteiger partial charge in [-0.05, 0) is 117 Å². The highest BCUT2D eigenvalue weighted by molar-refractivity contribution is 6.14. The van der Waals surface area contributed by atoms with Crippen LogP contribution in [0.2, 0.25) is 0 Å². The van der Waals surface area contributed by atoms with E-state index in [1.807, 2.05) is 0 Å². The molecule has 0 N–H and O–H groups in total. The third-order valence-electron chi connectivity index (χ3n) is 16.9. The fourth-order valence-electron chi connectivity index (χ4n) is 13.4. The number of hydrogen-bond acceptors (Lipinski definition) is 3. The van der Waals surface area contributed by atoms with Crippen molar-refractivity contribution in [1.82, 2.24) is 28.7 Å². The zero-order chi connectivity index (χ0) is 49.9. The molecular weight excluding hydrogens is 913 g/mol. The average molecular weight is 961 g/mol. The van der Waals surface area contributed by atoms with Crippen LogP contribution in [-0.2, 0) is 10.8 Å². The van der Waals surface area contributed by atoms with Crippen molar-refractivity contribution in [3.63, 3.8) is 0 Å². The summed E-state index contributed by atoms with van der Waals surface area (Å²) in [6.07, 6.45) is 0. The maximum atomic E-state index is 5.66. The Kier molecular flexibility index (Phi) is 8.48. The molecule has 0 fully saturated rings. The largest absolute Gasteiger partial charge is 0.308 e. The first-order valence-corrected chi connectivity index (χ1v) is 26.0. The van der Waals surface area contributed by atoms with Gasteiger partial charge < -0.3 is 9.13 Å². The Morgan fingerprint density at radius 3 is 1.03 bits per heavy atom. The highest BCUT2D eigenvalue weighted by Crippen LogP contribution is 2.53. The van der Waals surface area contributed by atoms with Gasteiger partial charge in [0.15, 0.2) is 11.6 Å². The van der Waals surface area contributed by atoms with Crippen LogP contribution in [-0.4, -0.2) is 28.7 Å². The molecule has 4 aromatic heterocycles. The van der Waals surface area contributed by atoms with E-state index < -0.39 is 0 Å². The van der Waals surface area contributed by atoms with E-state index in [9.17, 15) is 0 Å². The smallest absolute Gasteiger partial charge is 0.238 e. The van der Waals surface area contributed by atoms with Crippen LogP contribution in [0.1, 0.15) is 49.9 Å². The first-order chi connectivity index (χ1) is 36.7. The number of aromatic nitrogens is 6. The van der Waals surface area contributed by atoms with Gasteiger partial charge in [0.1, 0.15) is 0 Å². The molecule has 14 aromatic rings. The molecule has 6 nitrogen and oxygen atoms in total. The molecule has 0 spiro atoms. The molecule has 4 heterocycles. The number of para-hydroxylation sites is 6. The van der Waals surface area contributed by atoms with Crippen LogP contribution in [0.3, 0.4) is 0 Å². The predicted octanol–water partition coefficient (Wildman–Crippen LogP) is 17.1. The van der Waals surface area contributed by atoms with E-state index in [4.69, 9.17) is 15.0 Å². The molecular formula is C69H48N6. The van der Waals surface area contributed by atoms with E-state index in [2.05, 4.69) is 260 Å². The number of nitrogens with zero attached hydrogens (tertiary/aromatic N) is 6. The van der Waals surface area contributed by atoms with Crippen molar-refractivity contribution >= 4 is 65.4 Å². The summed E-state index contributed by atoms with van der Waals surface area (Å²) in [5, 5.41) is 7.12. The molecule has 75 heavy (non-hydrogen) atoms. The van der Waals surface area contributed by atoms with Gasteiger partial charge in [-0.15, -0.1) is 0 Å². The minimum Gasteiger partial charge on any atom is -0.308 e. The highest BCUT2D eigenvalue weighted by Gasteiger charge is 2.38. The Labute approximate surface area is 433 Å². The van der Waals surface area contributed by atoms with Crippen molar-refractivity contribution in [2.45, 2.75) is 38.5 Å². The number of hydrogen-bond donors (Lipinski definition) is 0. The third kappa shape index (κ3) is 5.71. The lowest BCUT2D eigenvalue weighted by Crippen LogP contribution is -2.15. The summed E-state index contributed by atoms with van der Waals surface area (Å²) >= 11 is 0. The van der Waals surface area contributed by atoms with E-state index in [0.717, 1.165) is 66.4 Å². The minimum atomic E-state index is -0.174. The molecule has 6 heteroatoms. The fourth-order valence-corrected chi connectivity index (χ4v) is 13.4. The second-order valence-electron chi connectivity index (χ2n) is 21.6. The van der Waals surface area contributed by atoms with Gasteiger partial charge >= 0.3 is 0 Å². The molecule has 2 aliphatic carbocycles. The zero-order valence-electron chi connectivity index (χ0n) is 42.0. The molecule has 0 bridgehead atoms. The molecule has 2 aliphatic rings. The molecule has 0 atom stereocenters. The summed E-state index contributed by atoms with van der Waals surface area (Å²) in [5.41, 5.74) is 20.7. The molecule has 16 rings (SSSR count). The molecule has 0 saturated heterocycles. The monoisotopic (exact) mass is 960 g/mol. The summed E-state index contributed by atoms with van der Waals surface area (Å²) < 4.78 is 7.10. The molecule has 0 aliphatic heterocycles. The van der Waals surface area contributed by atoms with E-state index in [1.54, 1.807) is 0 Å². The van der Waals surface area contributed by atoms with E-state index in [0.29, 0.717) is 17.6 Å². The van der Waals surface area contributed by atoms with Crippen LogP contribution >= 0.6 is 0 Å². The van der Waals surface area contributed by atoms with Crippen LogP contribution < -0.4 is 0 Å². The molecule has 0 saturated carbocycles. The van der Waals surface area contributed by atoms with Crippen LogP contribution in [0.4, 0.5) is 0 Å². The predicted molar refractivity (Wildman–Crippen MR) is 309 cm³/mol. The maximum Gasteiger partial charge on any atom is 0.238 e. The van der Waals surface area contributed by atoms with Crippen molar-refractivity contribution in [1.29, 1.82) is 0 Å². The van der Waals surface area contributed by atoms with Gasteiger partial charge in [0.25, 0.3) is 0 Å².